The number of nitrogens with one attached hydrogen (secondary N) is 2. The number of aliphatic hydroxyl groups is 1. The van der Waals surface area contributed by atoms with Gasteiger partial charge in [-0.15, -0.1) is 5.10 Å². The lowest BCUT2D eigenvalue weighted by Crippen LogP contribution is -2.34. The van der Waals surface area contributed by atoms with Crippen molar-refractivity contribution >= 4 is 17.7 Å². The zero-order valence-electron chi connectivity index (χ0n) is 11.7. The van der Waals surface area contributed by atoms with Crippen LogP contribution in [0.5, 0.6) is 0 Å². The Labute approximate surface area is 123 Å². The van der Waals surface area contributed by atoms with Crippen molar-refractivity contribution in [2.45, 2.75) is 43.4 Å². The van der Waals surface area contributed by atoms with Crippen LogP contribution < -0.4 is 10.6 Å². The number of allylic oxidation sites excluding steroid dienone is 1. The fourth-order valence-electron chi connectivity index (χ4n) is 2.81. The highest BCUT2D eigenvalue weighted by Crippen LogP contribution is 2.33. The number of aromatic nitrogens is 3. The molecule has 1 aromatic rings. The van der Waals surface area contributed by atoms with Crippen molar-refractivity contribution in [2.75, 3.05) is 24.7 Å². The van der Waals surface area contributed by atoms with Crippen LogP contribution in [0.4, 0.5) is 5.95 Å². The summed E-state index contributed by atoms with van der Waals surface area (Å²) in [6, 6.07) is 0.395. The summed E-state index contributed by atoms with van der Waals surface area (Å²) in [6.07, 6.45) is 6.13. The molecule has 2 aliphatic rings. The van der Waals surface area contributed by atoms with E-state index in [1.54, 1.807) is 11.8 Å². The van der Waals surface area contributed by atoms with Crippen LogP contribution in [0.2, 0.25) is 0 Å². The number of rotatable bonds is 6. The third kappa shape index (κ3) is 2.70. The lowest BCUT2D eigenvalue weighted by atomic mass is 10.2. The number of thioether (sulfide) groups is 1. The maximum Gasteiger partial charge on any atom is 0.226 e. The summed E-state index contributed by atoms with van der Waals surface area (Å²) in [5.74, 6) is 0.858. The van der Waals surface area contributed by atoms with Crippen molar-refractivity contribution in [3.05, 3.63) is 11.3 Å². The van der Waals surface area contributed by atoms with E-state index in [1.165, 1.54) is 11.3 Å². The van der Waals surface area contributed by atoms with Crippen LogP contribution in [0.3, 0.4) is 0 Å². The standard InChI is InChI=1S/C13H21N5OS/c1-20-13-16-12-15-11-9(8-18(12)17-13)4-5-10(11)14-6-2-3-7-19/h10,14,19H,2-8H2,1H3,(H,15,16,17). The molecule has 0 aromatic carbocycles. The Balaban J connectivity index is 1.63. The van der Waals surface area contributed by atoms with Gasteiger partial charge in [0.15, 0.2) is 0 Å². The third-order valence-electron chi connectivity index (χ3n) is 3.86. The van der Waals surface area contributed by atoms with Gasteiger partial charge < -0.3 is 15.7 Å². The summed E-state index contributed by atoms with van der Waals surface area (Å²) in [5.41, 5.74) is 2.73. The number of hydrogen-bond donors (Lipinski definition) is 3. The molecular formula is C13H21N5OS. The van der Waals surface area contributed by atoms with E-state index in [-0.39, 0.29) is 6.61 Å². The fourth-order valence-corrected chi connectivity index (χ4v) is 3.17. The predicted molar refractivity (Wildman–Crippen MR) is 79.8 cm³/mol. The molecule has 0 saturated heterocycles. The smallest absolute Gasteiger partial charge is 0.226 e. The van der Waals surface area contributed by atoms with Gasteiger partial charge >= 0.3 is 0 Å². The zero-order valence-corrected chi connectivity index (χ0v) is 12.5. The maximum atomic E-state index is 8.81. The molecule has 1 aliphatic heterocycles. The average Bonchev–Trinajstić information content (AvgIpc) is 3.04. The summed E-state index contributed by atoms with van der Waals surface area (Å²) >= 11 is 1.57. The summed E-state index contributed by atoms with van der Waals surface area (Å²) in [4.78, 5) is 4.48. The first kappa shape index (κ1) is 13.9. The molecule has 0 amide bonds. The van der Waals surface area contributed by atoms with Gasteiger partial charge in [-0.25, -0.2) is 4.68 Å². The van der Waals surface area contributed by atoms with Gasteiger partial charge in [0, 0.05) is 18.3 Å². The molecule has 7 heteroatoms. The first-order chi connectivity index (χ1) is 9.81. The van der Waals surface area contributed by atoms with Crippen molar-refractivity contribution in [3.63, 3.8) is 0 Å². The molecule has 3 rings (SSSR count). The summed E-state index contributed by atoms with van der Waals surface area (Å²) in [6.45, 7) is 2.09. The van der Waals surface area contributed by atoms with Crippen LogP contribution >= 0.6 is 11.8 Å². The zero-order chi connectivity index (χ0) is 13.9. The van der Waals surface area contributed by atoms with Gasteiger partial charge in [-0.2, -0.15) is 4.98 Å². The number of hydrogen-bond acceptors (Lipinski definition) is 6. The van der Waals surface area contributed by atoms with Crippen LogP contribution in [0.25, 0.3) is 0 Å². The maximum absolute atomic E-state index is 8.81. The van der Waals surface area contributed by atoms with E-state index < -0.39 is 0 Å². The second-order valence-electron chi connectivity index (χ2n) is 5.20. The Kier molecular flexibility index (Phi) is 4.28. The monoisotopic (exact) mass is 295 g/mol. The minimum atomic E-state index is 0.277. The summed E-state index contributed by atoms with van der Waals surface area (Å²) < 4.78 is 1.96. The van der Waals surface area contributed by atoms with Gasteiger partial charge in [0.1, 0.15) is 0 Å². The van der Waals surface area contributed by atoms with E-state index in [1.807, 2.05) is 10.9 Å². The van der Waals surface area contributed by atoms with Gasteiger partial charge in [0.05, 0.1) is 6.54 Å². The van der Waals surface area contributed by atoms with Gasteiger partial charge in [-0.3, -0.25) is 0 Å². The molecule has 0 bridgehead atoms. The molecule has 1 aromatic heterocycles. The second-order valence-corrected chi connectivity index (χ2v) is 5.97. The molecule has 2 heterocycles. The molecule has 0 saturated carbocycles. The van der Waals surface area contributed by atoms with Gasteiger partial charge in [-0.05, 0) is 44.1 Å². The highest BCUT2D eigenvalue weighted by Gasteiger charge is 2.30. The Bertz CT molecular complexity index is 513. The first-order valence-electron chi connectivity index (χ1n) is 7.14. The molecule has 3 N–H and O–H groups in total. The van der Waals surface area contributed by atoms with Crippen molar-refractivity contribution in [3.8, 4) is 0 Å². The highest BCUT2D eigenvalue weighted by atomic mass is 32.2. The minimum absolute atomic E-state index is 0.277. The van der Waals surface area contributed by atoms with E-state index >= 15 is 0 Å². The quantitative estimate of drug-likeness (QED) is 0.541. The van der Waals surface area contributed by atoms with Crippen LogP contribution in [-0.4, -0.2) is 45.3 Å². The highest BCUT2D eigenvalue weighted by molar-refractivity contribution is 7.98. The van der Waals surface area contributed by atoms with Crippen LogP contribution in [0.1, 0.15) is 25.7 Å². The van der Waals surface area contributed by atoms with E-state index in [4.69, 9.17) is 5.11 Å². The predicted octanol–water partition coefficient (Wildman–Crippen LogP) is 1.20. The lowest BCUT2D eigenvalue weighted by molar-refractivity contribution is 0.283. The molecule has 1 unspecified atom stereocenters. The van der Waals surface area contributed by atoms with Crippen molar-refractivity contribution in [1.29, 1.82) is 0 Å². The van der Waals surface area contributed by atoms with Crippen LogP contribution in [0.15, 0.2) is 16.4 Å². The molecule has 110 valence electrons. The molecule has 0 radical (unpaired) electrons. The fraction of sp³-hybridized carbons (Fsp3) is 0.692. The molecular weight excluding hydrogens is 274 g/mol. The molecule has 0 fully saturated rings. The molecule has 1 atom stereocenters. The van der Waals surface area contributed by atoms with E-state index in [0.717, 1.165) is 49.9 Å². The van der Waals surface area contributed by atoms with Gasteiger partial charge in [-0.1, -0.05) is 11.8 Å². The van der Waals surface area contributed by atoms with E-state index in [9.17, 15) is 0 Å². The Morgan fingerprint density at radius 2 is 2.40 bits per heavy atom. The average molecular weight is 295 g/mol. The second kappa shape index (κ2) is 6.15. The normalized spacial score (nSPS) is 20.8. The number of anilines is 1. The number of nitrogens with zero attached hydrogens (tertiary/aromatic N) is 3. The number of aliphatic hydroxyl groups excluding tert-OH is 1. The molecule has 0 spiro atoms. The van der Waals surface area contributed by atoms with Gasteiger partial charge in [0.25, 0.3) is 0 Å². The lowest BCUT2D eigenvalue weighted by Gasteiger charge is -2.22. The van der Waals surface area contributed by atoms with E-state index in [2.05, 4.69) is 20.7 Å². The molecule has 20 heavy (non-hydrogen) atoms. The van der Waals surface area contributed by atoms with Crippen LogP contribution in [-0.2, 0) is 6.54 Å². The first-order valence-corrected chi connectivity index (χ1v) is 8.36. The Hall–Kier alpha value is -1.05. The summed E-state index contributed by atoms with van der Waals surface area (Å²) in [7, 11) is 0. The molecule has 1 aliphatic carbocycles. The number of unbranched alkanes of at least 4 members (excludes halogenated alkanes) is 1. The minimum Gasteiger partial charge on any atom is -0.396 e. The Morgan fingerprint density at radius 3 is 3.20 bits per heavy atom. The number of fused-ring (bicyclic) bond motifs is 1. The third-order valence-corrected chi connectivity index (χ3v) is 4.40. The van der Waals surface area contributed by atoms with Crippen molar-refractivity contribution in [2.24, 2.45) is 0 Å². The Morgan fingerprint density at radius 1 is 1.50 bits per heavy atom. The van der Waals surface area contributed by atoms with Gasteiger partial charge in [0.2, 0.25) is 11.1 Å². The SMILES string of the molecule is CSc1nc2n(n1)CC1=C(N2)C(NCCCCO)CC1. The van der Waals surface area contributed by atoms with Crippen molar-refractivity contribution < 1.29 is 5.11 Å². The topological polar surface area (TPSA) is 75.0 Å². The summed E-state index contributed by atoms with van der Waals surface area (Å²) in [5, 5.41) is 21.1. The largest absolute Gasteiger partial charge is 0.396 e. The molecule has 6 nitrogen and oxygen atoms in total. The van der Waals surface area contributed by atoms with E-state index in [0.29, 0.717) is 6.04 Å². The van der Waals surface area contributed by atoms with Crippen molar-refractivity contribution in [1.82, 2.24) is 20.1 Å². The van der Waals surface area contributed by atoms with Crippen LogP contribution in [0, 0.1) is 0 Å².